The number of nitrogens with zero attached hydrogens (tertiary/aromatic N) is 1. The van der Waals surface area contributed by atoms with Gasteiger partial charge in [0.25, 0.3) is 0 Å². The molecule has 8 heteroatoms. The summed E-state index contributed by atoms with van der Waals surface area (Å²) in [7, 11) is -2.52. The zero-order valence-electron chi connectivity index (χ0n) is 15.5. The summed E-state index contributed by atoms with van der Waals surface area (Å²) in [6, 6.07) is 5.72. The Morgan fingerprint density at radius 3 is 2.15 bits per heavy atom. The van der Waals surface area contributed by atoms with Gasteiger partial charge in [-0.2, -0.15) is 4.31 Å². The first-order valence-electron chi connectivity index (χ1n) is 8.23. The Morgan fingerprint density at radius 1 is 1.19 bits per heavy atom. The minimum atomic E-state index is -3.85. The van der Waals surface area contributed by atoms with Crippen LogP contribution in [-0.4, -0.2) is 43.7 Å². The van der Waals surface area contributed by atoms with Crippen molar-refractivity contribution in [3.8, 4) is 12.3 Å². The maximum Gasteiger partial charge on any atom is 0.243 e. The molecule has 0 radical (unpaired) electrons. The van der Waals surface area contributed by atoms with E-state index in [4.69, 9.17) is 6.42 Å². The fourth-order valence-corrected chi connectivity index (χ4v) is 3.48. The Morgan fingerprint density at radius 2 is 1.73 bits per heavy atom. The summed E-state index contributed by atoms with van der Waals surface area (Å²) in [6.45, 7) is 4.74. The van der Waals surface area contributed by atoms with Crippen LogP contribution in [-0.2, 0) is 19.6 Å². The maximum absolute atomic E-state index is 12.6. The lowest BCUT2D eigenvalue weighted by molar-refractivity contribution is -0.122. The minimum absolute atomic E-state index is 0.0242. The van der Waals surface area contributed by atoms with Crippen LogP contribution in [0.4, 0.5) is 5.69 Å². The number of likely N-dealkylation sites (N-methyl/N-ethyl adjacent to an activating group) is 1. The van der Waals surface area contributed by atoms with E-state index in [1.54, 1.807) is 0 Å². The van der Waals surface area contributed by atoms with Gasteiger partial charge in [-0.15, -0.1) is 6.42 Å². The van der Waals surface area contributed by atoms with E-state index in [1.165, 1.54) is 38.2 Å². The molecule has 0 bridgehead atoms. The largest absolute Gasteiger partial charge is 0.339 e. The fourth-order valence-electron chi connectivity index (χ4n) is 2.35. The first kappa shape index (κ1) is 21.7. The number of hydrogen-bond acceptors (Lipinski definition) is 4. The summed E-state index contributed by atoms with van der Waals surface area (Å²) < 4.78 is 26.1. The van der Waals surface area contributed by atoms with Gasteiger partial charge in [0.1, 0.15) is 5.54 Å². The van der Waals surface area contributed by atoms with Gasteiger partial charge >= 0.3 is 0 Å². The molecular formula is C18H25N3O4S. The van der Waals surface area contributed by atoms with E-state index in [0.29, 0.717) is 18.5 Å². The molecular weight excluding hydrogens is 354 g/mol. The third kappa shape index (κ3) is 5.31. The standard InChI is InChI=1S/C18H25N3O4S/c1-6-18(7-2,8-3)20-17(23)13-21(5)26(24,25)16-11-9-15(10-12-16)19-14(4)22/h1,9-12H,7-8,13H2,2-5H3,(H,19,22)(H,20,23). The second-order valence-electron chi connectivity index (χ2n) is 5.95. The third-order valence-corrected chi connectivity index (χ3v) is 5.93. The zero-order chi connectivity index (χ0) is 20.0. The average molecular weight is 379 g/mol. The van der Waals surface area contributed by atoms with Crippen LogP contribution in [0.15, 0.2) is 29.2 Å². The Labute approximate surface area is 155 Å². The number of anilines is 1. The van der Waals surface area contributed by atoms with Crippen molar-refractivity contribution in [2.45, 2.75) is 44.0 Å². The lowest BCUT2D eigenvalue weighted by atomic mass is 9.94. The molecule has 0 atom stereocenters. The number of sulfonamides is 1. The van der Waals surface area contributed by atoms with E-state index in [9.17, 15) is 18.0 Å². The lowest BCUT2D eigenvalue weighted by Gasteiger charge is -2.28. The SMILES string of the molecule is C#CC(CC)(CC)NC(=O)CN(C)S(=O)(=O)c1ccc(NC(C)=O)cc1. The number of terminal acetylenes is 1. The number of nitrogens with one attached hydrogen (secondary N) is 2. The molecule has 1 aromatic rings. The average Bonchev–Trinajstić information content (AvgIpc) is 2.59. The molecule has 142 valence electrons. The van der Waals surface area contributed by atoms with Crippen LogP contribution in [0.25, 0.3) is 0 Å². The molecule has 0 heterocycles. The topological polar surface area (TPSA) is 95.6 Å². The van der Waals surface area contributed by atoms with Gasteiger partial charge in [-0.1, -0.05) is 19.8 Å². The van der Waals surface area contributed by atoms with Crippen LogP contribution in [0.5, 0.6) is 0 Å². The lowest BCUT2D eigenvalue weighted by Crippen LogP contribution is -2.50. The van der Waals surface area contributed by atoms with E-state index >= 15 is 0 Å². The first-order chi connectivity index (χ1) is 12.1. The van der Waals surface area contributed by atoms with Crippen molar-refractivity contribution < 1.29 is 18.0 Å². The molecule has 0 fully saturated rings. The predicted octanol–water partition coefficient (Wildman–Crippen LogP) is 1.57. The molecule has 0 unspecified atom stereocenters. The van der Waals surface area contributed by atoms with E-state index in [-0.39, 0.29) is 17.3 Å². The molecule has 7 nitrogen and oxygen atoms in total. The van der Waals surface area contributed by atoms with Gasteiger partial charge in [0.15, 0.2) is 0 Å². The fraction of sp³-hybridized carbons (Fsp3) is 0.444. The summed E-state index contributed by atoms with van der Waals surface area (Å²) in [5.41, 5.74) is -0.289. The number of benzene rings is 1. The van der Waals surface area contributed by atoms with Crippen molar-refractivity contribution in [2.24, 2.45) is 0 Å². The molecule has 1 rings (SSSR count). The molecule has 2 N–H and O–H groups in total. The third-order valence-electron chi connectivity index (χ3n) is 4.11. The highest BCUT2D eigenvalue weighted by Gasteiger charge is 2.28. The van der Waals surface area contributed by atoms with E-state index in [1.807, 2.05) is 13.8 Å². The molecule has 2 amide bonds. The summed E-state index contributed by atoms with van der Waals surface area (Å²) >= 11 is 0. The molecule has 0 spiro atoms. The normalized spacial score (nSPS) is 11.7. The highest BCUT2D eigenvalue weighted by molar-refractivity contribution is 7.89. The van der Waals surface area contributed by atoms with Crippen molar-refractivity contribution in [3.05, 3.63) is 24.3 Å². The molecule has 0 aliphatic rings. The van der Waals surface area contributed by atoms with Gasteiger partial charge in [-0.25, -0.2) is 8.42 Å². The summed E-state index contributed by atoms with van der Waals surface area (Å²) in [4.78, 5) is 23.3. The second kappa shape index (κ2) is 8.83. The summed E-state index contributed by atoms with van der Waals surface area (Å²) in [5, 5.41) is 5.30. The number of carbonyl (C=O) groups is 2. The Hall–Kier alpha value is -2.37. The quantitative estimate of drug-likeness (QED) is 0.670. The van der Waals surface area contributed by atoms with Crippen LogP contribution in [0, 0.1) is 12.3 Å². The predicted molar refractivity (Wildman–Crippen MR) is 101 cm³/mol. The molecule has 0 aliphatic heterocycles. The summed E-state index contributed by atoms with van der Waals surface area (Å²) in [6.07, 6.45) is 6.60. The maximum atomic E-state index is 12.6. The molecule has 0 aliphatic carbocycles. The van der Waals surface area contributed by atoms with Crippen molar-refractivity contribution in [1.82, 2.24) is 9.62 Å². The zero-order valence-corrected chi connectivity index (χ0v) is 16.3. The highest BCUT2D eigenvalue weighted by atomic mass is 32.2. The molecule has 0 aromatic heterocycles. The smallest absolute Gasteiger partial charge is 0.243 e. The van der Waals surface area contributed by atoms with Crippen LogP contribution in [0.1, 0.15) is 33.6 Å². The number of rotatable bonds is 8. The second-order valence-corrected chi connectivity index (χ2v) is 7.99. The van der Waals surface area contributed by atoms with Crippen LogP contribution in [0.3, 0.4) is 0 Å². The van der Waals surface area contributed by atoms with Crippen molar-refractivity contribution in [3.63, 3.8) is 0 Å². The molecule has 0 saturated heterocycles. The number of carbonyl (C=O) groups excluding carboxylic acids is 2. The molecule has 1 aromatic carbocycles. The monoisotopic (exact) mass is 379 g/mol. The Balaban J connectivity index is 2.88. The van der Waals surface area contributed by atoms with E-state index in [2.05, 4.69) is 16.6 Å². The molecule has 0 saturated carbocycles. The van der Waals surface area contributed by atoms with E-state index in [0.717, 1.165) is 4.31 Å². The first-order valence-corrected chi connectivity index (χ1v) is 9.67. The van der Waals surface area contributed by atoms with E-state index < -0.39 is 21.5 Å². The van der Waals surface area contributed by atoms with Crippen molar-refractivity contribution >= 4 is 27.5 Å². The summed E-state index contributed by atoms with van der Waals surface area (Å²) in [5.74, 6) is 1.86. The van der Waals surface area contributed by atoms with Gasteiger partial charge in [-0.3, -0.25) is 9.59 Å². The molecule has 26 heavy (non-hydrogen) atoms. The van der Waals surface area contributed by atoms with Gasteiger partial charge in [0, 0.05) is 19.7 Å². The van der Waals surface area contributed by atoms with Gasteiger partial charge in [0.05, 0.1) is 11.4 Å². The van der Waals surface area contributed by atoms with Gasteiger partial charge in [-0.05, 0) is 37.1 Å². The van der Waals surface area contributed by atoms with Gasteiger partial charge in [0.2, 0.25) is 21.8 Å². The Kier molecular flexibility index (Phi) is 7.36. The van der Waals surface area contributed by atoms with Gasteiger partial charge < -0.3 is 10.6 Å². The van der Waals surface area contributed by atoms with Crippen LogP contribution in [0.2, 0.25) is 0 Å². The number of amides is 2. The minimum Gasteiger partial charge on any atom is -0.339 e. The van der Waals surface area contributed by atoms with Crippen molar-refractivity contribution in [1.29, 1.82) is 0 Å². The number of hydrogen-bond donors (Lipinski definition) is 2. The highest BCUT2D eigenvalue weighted by Crippen LogP contribution is 2.18. The Bertz CT molecular complexity index is 791. The van der Waals surface area contributed by atoms with Crippen LogP contribution < -0.4 is 10.6 Å². The van der Waals surface area contributed by atoms with Crippen molar-refractivity contribution in [2.75, 3.05) is 18.9 Å². The van der Waals surface area contributed by atoms with Crippen LogP contribution >= 0.6 is 0 Å².